The molecular formula is C11H12N4O4S. The number of hydrogen-bond donors (Lipinski definition) is 4. The van der Waals surface area contributed by atoms with E-state index in [9.17, 15) is 18.0 Å². The molecule has 0 bridgehead atoms. The summed E-state index contributed by atoms with van der Waals surface area (Å²) in [4.78, 5) is 25.7. The van der Waals surface area contributed by atoms with Crippen LogP contribution in [0.15, 0.2) is 44.9 Å². The Morgan fingerprint density at radius 1 is 1.15 bits per heavy atom. The van der Waals surface area contributed by atoms with Gasteiger partial charge in [-0.1, -0.05) is 12.1 Å². The monoisotopic (exact) mass is 296 g/mol. The molecular weight excluding hydrogens is 284 g/mol. The molecule has 0 aliphatic rings. The van der Waals surface area contributed by atoms with Crippen LogP contribution in [0.3, 0.4) is 0 Å². The van der Waals surface area contributed by atoms with Crippen molar-refractivity contribution in [1.29, 1.82) is 0 Å². The predicted octanol–water partition coefficient (Wildman–Crippen LogP) is -0.876. The number of anilines is 1. The molecule has 0 spiro atoms. The number of rotatable bonds is 4. The molecule has 0 amide bonds. The molecule has 0 saturated carbocycles. The number of H-pyrrole nitrogens is 2. The first-order chi connectivity index (χ1) is 9.38. The lowest BCUT2D eigenvalue weighted by Gasteiger charge is -2.06. The fourth-order valence-electron chi connectivity index (χ4n) is 1.49. The van der Waals surface area contributed by atoms with E-state index in [2.05, 4.69) is 9.71 Å². The maximum atomic E-state index is 11.9. The van der Waals surface area contributed by atoms with Crippen LogP contribution in [0.4, 0.5) is 5.69 Å². The van der Waals surface area contributed by atoms with Gasteiger partial charge in [0.25, 0.3) is 5.56 Å². The number of nitrogens with two attached hydrogens (primary N) is 1. The summed E-state index contributed by atoms with van der Waals surface area (Å²) in [5, 5.41) is 0. The Balaban J connectivity index is 2.21. The zero-order valence-corrected chi connectivity index (χ0v) is 11.0. The van der Waals surface area contributed by atoms with Gasteiger partial charge in [0.05, 0.1) is 0 Å². The second kappa shape index (κ2) is 5.31. The number of nitrogen functional groups attached to an aromatic ring is 1. The molecule has 106 valence electrons. The third-order valence-corrected chi connectivity index (χ3v) is 3.93. The van der Waals surface area contributed by atoms with Gasteiger partial charge < -0.3 is 10.7 Å². The topological polar surface area (TPSA) is 138 Å². The van der Waals surface area contributed by atoms with Crippen molar-refractivity contribution in [3.05, 3.63) is 56.9 Å². The third-order valence-electron chi connectivity index (χ3n) is 2.52. The van der Waals surface area contributed by atoms with Gasteiger partial charge >= 0.3 is 5.69 Å². The van der Waals surface area contributed by atoms with E-state index in [0.29, 0.717) is 11.3 Å². The summed E-state index contributed by atoms with van der Waals surface area (Å²) in [6.07, 6.45) is 0.854. The standard InChI is InChI=1S/C11H12N4O4S/c12-8-3-1-7(2-4-8)5-14-20(18,19)9-6-13-11(17)15-10(9)16/h1-4,6,14H,5,12H2,(H2,13,15,16,17). The Morgan fingerprint density at radius 3 is 2.40 bits per heavy atom. The molecule has 0 unspecified atom stereocenters. The normalized spacial score (nSPS) is 11.4. The maximum absolute atomic E-state index is 11.9. The molecule has 0 atom stereocenters. The predicted molar refractivity (Wildman–Crippen MR) is 72.6 cm³/mol. The van der Waals surface area contributed by atoms with E-state index in [1.165, 1.54) is 0 Å². The summed E-state index contributed by atoms with van der Waals surface area (Å²) in [5.74, 6) is 0. The molecule has 0 radical (unpaired) electrons. The molecule has 5 N–H and O–H groups in total. The fourth-order valence-corrected chi connectivity index (χ4v) is 2.51. The number of aromatic amines is 2. The van der Waals surface area contributed by atoms with Crippen LogP contribution in [-0.4, -0.2) is 18.4 Å². The van der Waals surface area contributed by atoms with Gasteiger partial charge in [-0.05, 0) is 17.7 Å². The van der Waals surface area contributed by atoms with E-state index < -0.39 is 26.2 Å². The Kier molecular flexibility index (Phi) is 3.72. The fraction of sp³-hybridized carbons (Fsp3) is 0.0909. The Hall–Kier alpha value is -2.39. The molecule has 1 aromatic carbocycles. The highest BCUT2D eigenvalue weighted by atomic mass is 32.2. The minimum absolute atomic E-state index is 0.00117. The van der Waals surface area contributed by atoms with E-state index in [1.807, 2.05) is 4.98 Å². The number of aromatic nitrogens is 2. The molecule has 1 aromatic heterocycles. The highest BCUT2D eigenvalue weighted by molar-refractivity contribution is 7.89. The lowest BCUT2D eigenvalue weighted by molar-refractivity contribution is 0.579. The summed E-state index contributed by atoms with van der Waals surface area (Å²) in [6.45, 7) is 0.00117. The quantitative estimate of drug-likeness (QED) is 0.543. The van der Waals surface area contributed by atoms with E-state index >= 15 is 0 Å². The van der Waals surface area contributed by atoms with Crippen molar-refractivity contribution in [3.63, 3.8) is 0 Å². The molecule has 0 aliphatic carbocycles. The number of hydrogen-bond acceptors (Lipinski definition) is 5. The van der Waals surface area contributed by atoms with Gasteiger partial charge in [-0.3, -0.25) is 9.78 Å². The third kappa shape index (κ3) is 3.13. The van der Waals surface area contributed by atoms with Crippen molar-refractivity contribution in [2.24, 2.45) is 0 Å². The van der Waals surface area contributed by atoms with Crippen LogP contribution in [-0.2, 0) is 16.6 Å². The first-order valence-corrected chi connectivity index (χ1v) is 7.03. The van der Waals surface area contributed by atoms with Crippen molar-refractivity contribution in [1.82, 2.24) is 14.7 Å². The Morgan fingerprint density at radius 2 is 1.80 bits per heavy atom. The van der Waals surface area contributed by atoms with Gasteiger partial charge in [0.1, 0.15) is 0 Å². The zero-order valence-electron chi connectivity index (χ0n) is 10.2. The summed E-state index contributed by atoms with van der Waals surface area (Å²) in [5.41, 5.74) is 5.02. The minimum Gasteiger partial charge on any atom is -0.399 e. The summed E-state index contributed by atoms with van der Waals surface area (Å²) >= 11 is 0. The summed E-state index contributed by atoms with van der Waals surface area (Å²) in [7, 11) is -4.01. The lowest BCUT2D eigenvalue weighted by Crippen LogP contribution is -2.32. The van der Waals surface area contributed by atoms with Crippen LogP contribution in [0.1, 0.15) is 5.56 Å². The number of benzene rings is 1. The van der Waals surface area contributed by atoms with Gasteiger partial charge in [-0.2, -0.15) is 0 Å². The smallest absolute Gasteiger partial charge is 0.325 e. The average Bonchev–Trinajstić information content (AvgIpc) is 2.37. The van der Waals surface area contributed by atoms with E-state index in [-0.39, 0.29) is 6.54 Å². The van der Waals surface area contributed by atoms with E-state index in [1.54, 1.807) is 24.3 Å². The molecule has 0 saturated heterocycles. The zero-order chi connectivity index (χ0) is 14.8. The van der Waals surface area contributed by atoms with E-state index in [4.69, 9.17) is 5.73 Å². The van der Waals surface area contributed by atoms with Crippen LogP contribution in [0.5, 0.6) is 0 Å². The average molecular weight is 296 g/mol. The highest BCUT2D eigenvalue weighted by Gasteiger charge is 2.18. The molecule has 20 heavy (non-hydrogen) atoms. The van der Waals surface area contributed by atoms with Gasteiger partial charge in [0.15, 0.2) is 4.90 Å². The van der Waals surface area contributed by atoms with Gasteiger partial charge in [-0.15, -0.1) is 0 Å². The summed E-state index contributed by atoms with van der Waals surface area (Å²) in [6, 6.07) is 6.59. The largest absolute Gasteiger partial charge is 0.399 e. The molecule has 9 heteroatoms. The van der Waals surface area contributed by atoms with Crippen LogP contribution in [0.2, 0.25) is 0 Å². The van der Waals surface area contributed by atoms with Crippen LogP contribution >= 0.6 is 0 Å². The second-order valence-corrected chi connectivity index (χ2v) is 5.74. The molecule has 0 aliphatic heterocycles. The highest BCUT2D eigenvalue weighted by Crippen LogP contribution is 2.06. The van der Waals surface area contributed by atoms with Gasteiger partial charge in [0.2, 0.25) is 10.0 Å². The van der Waals surface area contributed by atoms with Crippen molar-refractivity contribution < 1.29 is 8.42 Å². The molecule has 2 rings (SSSR count). The SMILES string of the molecule is Nc1ccc(CNS(=O)(=O)c2c[nH]c(=O)[nH]c2=O)cc1. The van der Waals surface area contributed by atoms with Crippen molar-refractivity contribution in [2.45, 2.75) is 11.4 Å². The van der Waals surface area contributed by atoms with Crippen LogP contribution in [0, 0.1) is 0 Å². The molecule has 0 fully saturated rings. The van der Waals surface area contributed by atoms with E-state index in [0.717, 1.165) is 6.20 Å². The van der Waals surface area contributed by atoms with Gasteiger partial charge in [-0.25, -0.2) is 17.9 Å². The second-order valence-electron chi connectivity index (χ2n) is 4.00. The molecule has 1 heterocycles. The van der Waals surface area contributed by atoms with Crippen LogP contribution in [0.25, 0.3) is 0 Å². The first kappa shape index (κ1) is 14.0. The summed E-state index contributed by atoms with van der Waals surface area (Å²) < 4.78 is 26.1. The first-order valence-electron chi connectivity index (χ1n) is 5.54. The number of nitrogens with one attached hydrogen (secondary N) is 3. The van der Waals surface area contributed by atoms with Crippen molar-refractivity contribution in [3.8, 4) is 0 Å². The van der Waals surface area contributed by atoms with Crippen LogP contribution < -0.4 is 21.7 Å². The maximum Gasteiger partial charge on any atom is 0.325 e. The Bertz CT molecular complexity index is 820. The molecule has 8 nitrogen and oxygen atoms in total. The van der Waals surface area contributed by atoms with Gasteiger partial charge in [0, 0.05) is 18.4 Å². The Labute approximate surface area is 113 Å². The number of sulfonamides is 1. The minimum atomic E-state index is -4.01. The van der Waals surface area contributed by atoms with Crippen molar-refractivity contribution in [2.75, 3.05) is 5.73 Å². The lowest BCUT2D eigenvalue weighted by atomic mass is 10.2. The van der Waals surface area contributed by atoms with Crippen molar-refractivity contribution >= 4 is 15.7 Å². The molecule has 2 aromatic rings.